The van der Waals surface area contributed by atoms with Crippen LogP contribution in [0, 0.1) is 6.92 Å². The number of hydrogen-bond donors (Lipinski definition) is 3. The highest BCUT2D eigenvalue weighted by Crippen LogP contribution is 2.29. The Morgan fingerprint density at radius 2 is 1.97 bits per heavy atom. The molecule has 1 aromatic carbocycles. The molecule has 3 heterocycles. The highest BCUT2D eigenvalue weighted by molar-refractivity contribution is 5.97. The number of carbonyl (C=O) groups is 1. The fourth-order valence-corrected chi connectivity index (χ4v) is 3.50. The number of benzene rings is 1. The third-order valence-corrected chi connectivity index (χ3v) is 5.05. The van der Waals surface area contributed by atoms with E-state index >= 15 is 0 Å². The van der Waals surface area contributed by atoms with E-state index < -0.39 is 41.3 Å². The summed E-state index contributed by atoms with van der Waals surface area (Å²) in [6.45, 7) is 1.41. The van der Waals surface area contributed by atoms with Crippen molar-refractivity contribution in [1.82, 2.24) is 24.4 Å². The number of aliphatic hydroxyl groups excluding tert-OH is 1. The molecule has 1 aliphatic heterocycles. The van der Waals surface area contributed by atoms with Crippen LogP contribution in [0.1, 0.15) is 27.8 Å². The van der Waals surface area contributed by atoms with Crippen molar-refractivity contribution in [2.45, 2.75) is 25.2 Å². The second-order valence-corrected chi connectivity index (χ2v) is 7.14. The lowest BCUT2D eigenvalue weighted by Gasteiger charge is -2.18. The molecule has 9 nitrogen and oxygen atoms in total. The van der Waals surface area contributed by atoms with Crippen LogP contribution in [-0.4, -0.2) is 54.6 Å². The number of aromatic nitrogens is 4. The van der Waals surface area contributed by atoms with Crippen molar-refractivity contribution < 1.29 is 23.1 Å². The maximum Gasteiger partial charge on any atom is 0.449 e. The van der Waals surface area contributed by atoms with Gasteiger partial charge in [0.1, 0.15) is 0 Å². The van der Waals surface area contributed by atoms with E-state index in [-0.39, 0.29) is 35.2 Å². The summed E-state index contributed by atoms with van der Waals surface area (Å²) in [6.07, 6.45) is -4.39. The third-order valence-electron chi connectivity index (χ3n) is 5.05. The first-order valence-corrected chi connectivity index (χ1v) is 8.91. The predicted octanol–water partition coefficient (Wildman–Crippen LogP) is 0.798. The molecule has 12 heteroatoms. The first kappa shape index (κ1) is 19.9. The third kappa shape index (κ3) is 3.38. The molecule has 1 saturated heterocycles. The molecule has 4 rings (SSSR count). The standard InChI is InChI=1S/C18H16F3N5O4/c1-8-5-26(17(30)24-14(8)28)12-6-25(7-13(12)27)15(29)9-2-3-10-11(4-9)23-16(22-10)18(19,20)21/h2-5,12-13,27H,6-7H2,1H3,(H,22,23)(H,24,28,30)/t12-,13-/m1/s1. The topological polar surface area (TPSA) is 124 Å². The number of aryl methyl sites for hydroxylation is 1. The number of β-amino-alcohol motifs (C(OH)–C–C–N with tert-alkyl or cyclic N) is 1. The van der Waals surface area contributed by atoms with Crippen molar-refractivity contribution in [1.29, 1.82) is 0 Å². The molecule has 0 spiro atoms. The average molecular weight is 423 g/mol. The van der Waals surface area contributed by atoms with Gasteiger partial charge in [0.2, 0.25) is 5.82 Å². The average Bonchev–Trinajstić information content (AvgIpc) is 3.27. The quantitative estimate of drug-likeness (QED) is 0.563. The van der Waals surface area contributed by atoms with E-state index in [1.165, 1.54) is 40.8 Å². The number of nitrogens with one attached hydrogen (secondary N) is 2. The van der Waals surface area contributed by atoms with Crippen LogP contribution < -0.4 is 11.2 Å². The molecule has 158 valence electrons. The van der Waals surface area contributed by atoms with Gasteiger partial charge in [-0.2, -0.15) is 13.2 Å². The Bertz CT molecular complexity index is 1260. The molecule has 0 saturated carbocycles. The van der Waals surface area contributed by atoms with Gasteiger partial charge in [0, 0.05) is 30.4 Å². The van der Waals surface area contributed by atoms with E-state index in [1.807, 2.05) is 0 Å². The summed E-state index contributed by atoms with van der Waals surface area (Å²) in [5.74, 6) is -1.68. The Labute approximate surface area is 165 Å². The second kappa shape index (κ2) is 6.83. The number of amides is 1. The highest BCUT2D eigenvalue weighted by Gasteiger charge is 2.37. The molecular weight excluding hydrogens is 407 g/mol. The largest absolute Gasteiger partial charge is 0.449 e. The van der Waals surface area contributed by atoms with Gasteiger partial charge < -0.3 is 15.0 Å². The van der Waals surface area contributed by atoms with Crippen LogP contribution in [0.5, 0.6) is 0 Å². The van der Waals surface area contributed by atoms with Crippen molar-refractivity contribution in [3.8, 4) is 0 Å². The number of likely N-dealkylation sites (tertiary alicyclic amines) is 1. The lowest BCUT2D eigenvalue weighted by molar-refractivity contribution is -0.144. The van der Waals surface area contributed by atoms with Gasteiger partial charge in [-0.15, -0.1) is 0 Å². The minimum absolute atomic E-state index is 0.0137. The van der Waals surface area contributed by atoms with Crippen LogP contribution in [0.15, 0.2) is 34.0 Å². The molecule has 1 amide bonds. The monoisotopic (exact) mass is 423 g/mol. The minimum atomic E-state index is -4.64. The summed E-state index contributed by atoms with van der Waals surface area (Å²) in [5, 5.41) is 10.4. The lowest BCUT2D eigenvalue weighted by Crippen LogP contribution is -2.37. The fraction of sp³-hybridized carbons (Fsp3) is 0.333. The summed E-state index contributed by atoms with van der Waals surface area (Å²) in [6, 6.07) is 3.14. The van der Waals surface area contributed by atoms with Gasteiger partial charge in [-0.1, -0.05) is 0 Å². The van der Waals surface area contributed by atoms with Crippen molar-refractivity contribution in [2.24, 2.45) is 0 Å². The van der Waals surface area contributed by atoms with Gasteiger partial charge in [-0.25, -0.2) is 9.78 Å². The van der Waals surface area contributed by atoms with E-state index in [0.717, 1.165) is 0 Å². The van der Waals surface area contributed by atoms with E-state index in [2.05, 4.69) is 15.0 Å². The molecule has 0 aliphatic carbocycles. The minimum Gasteiger partial charge on any atom is -0.389 e. The number of imidazole rings is 1. The number of carbonyl (C=O) groups excluding carboxylic acids is 1. The van der Waals surface area contributed by atoms with Crippen LogP contribution in [0.4, 0.5) is 13.2 Å². The number of halogens is 3. The summed E-state index contributed by atoms with van der Waals surface area (Å²) >= 11 is 0. The molecule has 0 bridgehead atoms. The second-order valence-electron chi connectivity index (χ2n) is 7.14. The molecule has 1 aliphatic rings. The van der Waals surface area contributed by atoms with E-state index in [9.17, 15) is 32.7 Å². The number of alkyl halides is 3. The molecule has 3 aromatic rings. The van der Waals surface area contributed by atoms with Crippen molar-refractivity contribution in [2.75, 3.05) is 13.1 Å². The SMILES string of the molecule is Cc1cn([C@@H]2CN(C(=O)c3ccc4nc(C(F)(F)F)[nH]c4c3)C[C@H]2O)c(=O)[nH]c1=O. The molecule has 0 unspecified atom stereocenters. The van der Waals surface area contributed by atoms with Crippen molar-refractivity contribution in [3.63, 3.8) is 0 Å². The van der Waals surface area contributed by atoms with Gasteiger partial charge in [0.15, 0.2) is 0 Å². The van der Waals surface area contributed by atoms with Crippen LogP contribution in [0.3, 0.4) is 0 Å². The Hall–Kier alpha value is -3.41. The number of rotatable bonds is 2. The molecule has 0 radical (unpaired) electrons. The zero-order valence-corrected chi connectivity index (χ0v) is 15.5. The summed E-state index contributed by atoms with van der Waals surface area (Å²) < 4.78 is 39.6. The molecule has 3 N–H and O–H groups in total. The van der Waals surface area contributed by atoms with Gasteiger partial charge in [-0.05, 0) is 25.1 Å². The van der Waals surface area contributed by atoms with Crippen molar-refractivity contribution in [3.05, 3.63) is 62.2 Å². The Kier molecular flexibility index (Phi) is 4.53. The van der Waals surface area contributed by atoms with Crippen LogP contribution >= 0.6 is 0 Å². The Balaban J connectivity index is 1.61. The fourth-order valence-electron chi connectivity index (χ4n) is 3.50. The van der Waals surface area contributed by atoms with E-state index in [4.69, 9.17) is 0 Å². The Morgan fingerprint density at radius 1 is 1.23 bits per heavy atom. The smallest absolute Gasteiger partial charge is 0.389 e. The Morgan fingerprint density at radius 3 is 2.67 bits per heavy atom. The molecule has 30 heavy (non-hydrogen) atoms. The molecular formula is C18H16F3N5O4. The normalized spacial score (nSPS) is 19.6. The number of hydrogen-bond acceptors (Lipinski definition) is 5. The zero-order valence-electron chi connectivity index (χ0n) is 15.5. The number of H-pyrrole nitrogens is 2. The number of aromatic amines is 2. The van der Waals surface area contributed by atoms with Crippen LogP contribution in [0.25, 0.3) is 11.0 Å². The zero-order chi connectivity index (χ0) is 21.8. The summed E-state index contributed by atoms with van der Waals surface area (Å²) in [7, 11) is 0. The predicted molar refractivity (Wildman–Crippen MR) is 98.1 cm³/mol. The molecule has 1 fully saturated rings. The summed E-state index contributed by atoms with van der Waals surface area (Å²) in [5.41, 5.74) is -0.745. The van der Waals surface area contributed by atoms with Crippen molar-refractivity contribution >= 4 is 16.9 Å². The van der Waals surface area contributed by atoms with Crippen LogP contribution in [0.2, 0.25) is 0 Å². The summed E-state index contributed by atoms with van der Waals surface area (Å²) in [4.78, 5) is 45.5. The lowest BCUT2D eigenvalue weighted by atomic mass is 10.2. The number of aliphatic hydroxyl groups is 1. The van der Waals surface area contributed by atoms with E-state index in [0.29, 0.717) is 0 Å². The maximum atomic E-state index is 12.8. The first-order chi connectivity index (χ1) is 14.0. The van der Waals surface area contributed by atoms with E-state index in [1.54, 1.807) is 0 Å². The number of nitrogens with zero attached hydrogens (tertiary/aromatic N) is 3. The molecule has 2 aromatic heterocycles. The maximum absolute atomic E-state index is 12.8. The van der Waals surface area contributed by atoms with Crippen LogP contribution in [-0.2, 0) is 6.18 Å². The number of fused-ring (bicyclic) bond motifs is 1. The molecule has 2 atom stereocenters. The van der Waals surface area contributed by atoms with Gasteiger partial charge in [0.25, 0.3) is 11.5 Å². The van der Waals surface area contributed by atoms with Gasteiger partial charge in [-0.3, -0.25) is 19.1 Å². The highest BCUT2D eigenvalue weighted by atomic mass is 19.4. The first-order valence-electron chi connectivity index (χ1n) is 8.91. The van der Waals surface area contributed by atoms with Gasteiger partial charge in [0.05, 0.1) is 23.2 Å². The van der Waals surface area contributed by atoms with Gasteiger partial charge >= 0.3 is 11.9 Å².